The van der Waals surface area contributed by atoms with Crippen molar-refractivity contribution in [2.24, 2.45) is 0 Å². The first kappa shape index (κ1) is 88.1. The van der Waals surface area contributed by atoms with Crippen molar-refractivity contribution in [2.75, 3.05) is 40.6 Å². The number of phenols is 4. The number of methoxy groups -OCH3 is 2. The van der Waals surface area contributed by atoms with Gasteiger partial charge in [0, 0.05) is 69.2 Å². The quantitative estimate of drug-likeness (QED) is 0.0289. The minimum atomic E-state index is -1.14. The predicted octanol–water partition coefficient (Wildman–Crippen LogP) is 19.4. The molecule has 8 bridgehead atoms. The molecule has 0 radical (unpaired) electrons. The van der Waals surface area contributed by atoms with Crippen LogP contribution in [0.1, 0.15) is 325 Å². The molecule has 5 aliphatic rings. The maximum Gasteiger partial charge on any atom is 0.344 e. The second-order valence-corrected chi connectivity index (χ2v) is 33.7. The van der Waals surface area contributed by atoms with Crippen LogP contribution >= 0.6 is 0 Å². The summed E-state index contributed by atoms with van der Waals surface area (Å²) in [5.41, 5.74) is 3.41. The van der Waals surface area contributed by atoms with E-state index < -0.39 is 120 Å². The third-order valence-electron chi connectivity index (χ3n) is 26.2. The minimum Gasteiger partial charge on any atom is -0.508 e. The molecule has 8 aromatic carbocycles. The Morgan fingerprint density at radius 3 is 0.705 bits per heavy atom. The van der Waals surface area contributed by atoms with Crippen LogP contribution in [0.25, 0.3) is 0 Å². The minimum absolute atomic E-state index is 0.0679. The molecule has 8 aromatic rings. The number of ether oxygens (including phenoxy) is 10. The molecule has 0 spiro atoms. The lowest BCUT2D eigenvalue weighted by Crippen LogP contribution is -2.38. The second-order valence-electron chi connectivity index (χ2n) is 33.7. The van der Waals surface area contributed by atoms with Crippen molar-refractivity contribution in [1.82, 2.24) is 0 Å². The summed E-state index contributed by atoms with van der Waals surface area (Å²) >= 11 is 0. The van der Waals surface area contributed by atoms with E-state index in [0.717, 1.165) is 77.0 Å². The number of aromatic hydroxyl groups is 4. The van der Waals surface area contributed by atoms with Crippen molar-refractivity contribution in [3.05, 3.63) is 246 Å². The number of hydrogen-bond acceptors (Lipinski definition) is 22. The van der Waals surface area contributed by atoms with E-state index in [1.54, 1.807) is 117 Å². The Hall–Kier alpha value is -11.7. The maximum absolute atomic E-state index is 14.1. The van der Waals surface area contributed by atoms with Crippen molar-refractivity contribution >= 4 is 47.8 Å². The average molecular weight is 1670 g/mol. The predicted molar refractivity (Wildman–Crippen MR) is 454 cm³/mol. The largest absolute Gasteiger partial charge is 0.508 e. The van der Waals surface area contributed by atoms with Gasteiger partial charge in [0.25, 0.3) is 0 Å². The number of rotatable bonds is 26. The Labute approximate surface area is 712 Å². The summed E-state index contributed by atoms with van der Waals surface area (Å²) in [6.45, 7) is 8.98. The van der Waals surface area contributed by atoms with Crippen LogP contribution in [-0.2, 0) is 57.1 Å². The number of esters is 8. The molecular formula is C100H112O22. The van der Waals surface area contributed by atoms with Gasteiger partial charge in [-0.2, -0.15) is 0 Å². The lowest BCUT2D eigenvalue weighted by molar-refractivity contribution is -0.168. The molecule has 0 aliphatic heterocycles. The zero-order valence-corrected chi connectivity index (χ0v) is 71.1. The van der Waals surface area contributed by atoms with Gasteiger partial charge in [-0.1, -0.05) is 102 Å². The van der Waals surface area contributed by atoms with E-state index >= 15 is 0 Å². The van der Waals surface area contributed by atoms with Crippen LogP contribution in [0.4, 0.5) is 0 Å². The van der Waals surface area contributed by atoms with Crippen molar-refractivity contribution in [1.29, 1.82) is 0 Å². The summed E-state index contributed by atoms with van der Waals surface area (Å²) < 4.78 is 59.2. The molecular weight excluding hydrogens is 1550 g/mol. The van der Waals surface area contributed by atoms with Crippen LogP contribution < -0.4 is 9.47 Å². The molecule has 4 N–H and O–H groups in total. The van der Waals surface area contributed by atoms with Crippen molar-refractivity contribution in [3.63, 3.8) is 0 Å². The molecule has 0 heterocycles. The van der Waals surface area contributed by atoms with Crippen LogP contribution in [0.5, 0.6) is 34.5 Å². The molecule has 5 aliphatic carbocycles. The lowest BCUT2D eigenvalue weighted by atomic mass is 9.74. The molecule has 13 rings (SSSR count). The van der Waals surface area contributed by atoms with E-state index in [4.69, 9.17) is 47.4 Å². The van der Waals surface area contributed by atoms with Crippen molar-refractivity contribution in [2.45, 2.75) is 242 Å². The van der Waals surface area contributed by atoms with Gasteiger partial charge in [-0.15, -0.1) is 0 Å². The Morgan fingerprint density at radius 1 is 0.287 bits per heavy atom. The van der Waals surface area contributed by atoms with Crippen molar-refractivity contribution in [3.8, 4) is 34.5 Å². The zero-order valence-electron chi connectivity index (χ0n) is 71.1. The van der Waals surface area contributed by atoms with E-state index in [0.29, 0.717) is 138 Å². The summed E-state index contributed by atoms with van der Waals surface area (Å²) in [7, 11) is 2.85. The van der Waals surface area contributed by atoms with Crippen molar-refractivity contribution < 1.29 is 106 Å². The summed E-state index contributed by atoms with van der Waals surface area (Å²) in [5, 5.41) is 52.2. The van der Waals surface area contributed by atoms with Gasteiger partial charge in [0.15, 0.2) is 26.4 Å². The molecule has 0 amide bonds. The molecule has 0 saturated heterocycles. The van der Waals surface area contributed by atoms with Gasteiger partial charge in [0.05, 0.1) is 36.5 Å². The molecule has 0 aromatic heterocycles. The van der Waals surface area contributed by atoms with Crippen LogP contribution in [-0.4, -0.2) is 131 Å². The summed E-state index contributed by atoms with van der Waals surface area (Å²) in [6.07, 6.45) is 19.6. The summed E-state index contributed by atoms with van der Waals surface area (Å²) in [6, 6.07) is 39.0. The normalized spacial score (nSPS) is 18.8. The van der Waals surface area contributed by atoms with Gasteiger partial charge < -0.3 is 67.8 Å². The van der Waals surface area contributed by atoms with E-state index in [2.05, 4.69) is 0 Å². The molecule has 22 heteroatoms. The number of hydrogen-bond donors (Lipinski definition) is 4. The molecule has 644 valence electrons. The molecule has 122 heavy (non-hydrogen) atoms. The molecule has 4 unspecified atom stereocenters. The number of carbonyl (C=O) groups excluding carboxylic acids is 8. The lowest BCUT2D eigenvalue weighted by Gasteiger charge is -2.35. The van der Waals surface area contributed by atoms with Gasteiger partial charge in [-0.25, -0.2) is 38.4 Å². The van der Waals surface area contributed by atoms with Crippen LogP contribution in [0.15, 0.2) is 146 Å². The first-order valence-corrected chi connectivity index (χ1v) is 43.2. The van der Waals surface area contributed by atoms with E-state index in [-0.39, 0.29) is 73.4 Å². The Bertz CT molecular complexity index is 5120. The summed E-state index contributed by atoms with van der Waals surface area (Å²) in [4.78, 5) is 110. The van der Waals surface area contributed by atoms with E-state index in [1.807, 2.05) is 33.8 Å². The molecule has 4 saturated carbocycles. The fraction of sp³-hybridized carbons (Fsp3) is 0.440. The number of carbonyl (C=O) groups is 8. The van der Waals surface area contributed by atoms with Gasteiger partial charge in [-0.05, 0) is 272 Å². The highest BCUT2D eigenvalue weighted by Gasteiger charge is 2.41. The van der Waals surface area contributed by atoms with Gasteiger partial charge in [-0.3, -0.25) is 0 Å². The highest BCUT2D eigenvalue weighted by atomic mass is 16.6. The zero-order chi connectivity index (χ0) is 86.6. The fourth-order valence-electron chi connectivity index (χ4n) is 19.2. The molecule has 4 atom stereocenters. The topological polar surface area (TPSA) is 310 Å². The summed E-state index contributed by atoms with van der Waals surface area (Å²) in [5.74, 6) is -11.0. The Balaban J connectivity index is 0.982. The average Bonchev–Trinajstić information content (AvgIpc) is 0.736. The first-order chi connectivity index (χ1) is 58.8. The third kappa shape index (κ3) is 19.6. The fourth-order valence-corrected chi connectivity index (χ4v) is 19.2. The molecule has 22 nitrogen and oxygen atoms in total. The number of phenolic OH excluding ortho intramolecular Hbond substituents is 4. The van der Waals surface area contributed by atoms with E-state index in [9.17, 15) is 58.8 Å². The third-order valence-corrected chi connectivity index (χ3v) is 26.2. The standard InChI is InChI=1S/C100H112O22/c1-9-97(41-17-13-18-42-97)119-85(105)57-115-93(109)67-33-25-63(26-34-67)89-72-52-74(80(102)50-62(72)6)91(65-29-37-69(38-30-65)95(111)117-59-87(107)121-99(11-3)45-21-15-22-46-99)78-54-76(82(104)56-84(78)114-8)92(66-31-39-70(40-32-66)96(112)118-60-88(108)122-100(12-4)47-23-16-24-48-100)77-53-75(81(103)55-83(77)113-7)90(71-51-73(89)79(101)49-61(71)5)64-27-35-68(36-28-64)94(110)116-58-86(106)120-98(10-2)43-19-14-20-44-98/h25-40,49-56,89-92,101-104H,9-24,41-48,57-60H2,1-8H3. The Kier molecular flexibility index (Phi) is 27.9. The van der Waals surface area contributed by atoms with Gasteiger partial charge in [0.1, 0.15) is 56.9 Å². The van der Waals surface area contributed by atoms with E-state index in [1.165, 1.54) is 50.6 Å². The second kappa shape index (κ2) is 38.6. The smallest absolute Gasteiger partial charge is 0.344 e. The van der Waals surface area contributed by atoms with Gasteiger partial charge >= 0.3 is 47.8 Å². The SMILES string of the molecule is CCC1(OC(=O)COC(=O)c2ccc(C3c4cc(c(O)cc4C)C(c4ccc(C(=O)OCC(=O)OC5(CC)CCCCC5)cc4)c4cc(c(O)cc4OC)C(c4ccc(C(=O)OCC(=O)OC5(CC)CCCCC5)cc4)c4cc(c(O)cc4OC)C(c4ccc(C(=O)OCC(=O)OC5(CC)CCCCC5)cc4)c4cc3c(O)cc4C)cc2)CCCCC1. The highest BCUT2D eigenvalue weighted by molar-refractivity contribution is 5.93. The van der Waals surface area contributed by atoms with Crippen LogP contribution in [0.2, 0.25) is 0 Å². The highest BCUT2D eigenvalue weighted by Crippen LogP contribution is 2.54. The number of aryl methyl sites for hydroxylation is 2. The van der Waals surface area contributed by atoms with Crippen LogP contribution in [0.3, 0.4) is 0 Å². The first-order valence-electron chi connectivity index (χ1n) is 43.2. The Morgan fingerprint density at radius 2 is 0.492 bits per heavy atom. The number of fused-ring (bicyclic) bond motifs is 8. The van der Waals surface area contributed by atoms with Gasteiger partial charge in [0.2, 0.25) is 0 Å². The number of benzene rings is 8. The van der Waals surface area contributed by atoms with Crippen LogP contribution in [0, 0.1) is 13.8 Å². The monoisotopic (exact) mass is 1660 g/mol. The maximum atomic E-state index is 14.1. The molecule has 4 fully saturated rings.